The molecule has 6 heterocycles. The van der Waals surface area contributed by atoms with Crippen molar-refractivity contribution < 1.29 is 9.21 Å². The summed E-state index contributed by atoms with van der Waals surface area (Å²) in [5.74, 6) is 1.62. The van der Waals surface area contributed by atoms with Gasteiger partial charge < -0.3 is 19.5 Å². The van der Waals surface area contributed by atoms with E-state index in [9.17, 15) is 4.79 Å². The standard InChI is InChI=1S/C31H26N8O2/c40-30(27-7-4-18-41-27)38-16-14-37(15-17-38)28-11-9-24(19-33-28)35-31-32-13-12-25(36-31)26-20-34-29-10-8-23(21-39(26)29)22-5-2-1-3-6-22/h1-13,18-21H,14-17H2,(H,32,35,36). The van der Waals surface area contributed by atoms with Gasteiger partial charge in [-0.05, 0) is 53.6 Å². The number of pyridine rings is 2. The minimum absolute atomic E-state index is 0.0788. The Labute approximate surface area is 236 Å². The van der Waals surface area contributed by atoms with Crippen LogP contribution in [0.15, 0.2) is 108 Å². The summed E-state index contributed by atoms with van der Waals surface area (Å²) in [4.78, 5) is 34.9. The summed E-state index contributed by atoms with van der Waals surface area (Å²) in [5, 5.41) is 3.26. The number of hydrogen-bond donors (Lipinski definition) is 1. The number of piperazine rings is 1. The molecule has 0 bridgehead atoms. The minimum Gasteiger partial charge on any atom is -0.459 e. The smallest absolute Gasteiger partial charge is 0.289 e. The lowest BCUT2D eigenvalue weighted by Crippen LogP contribution is -2.49. The van der Waals surface area contributed by atoms with Crippen molar-refractivity contribution in [2.24, 2.45) is 0 Å². The van der Waals surface area contributed by atoms with Crippen LogP contribution in [0.1, 0.15) is 10.6 Å². The predicted molar refractivity (Wildman–Crippen MR) is 156 cm³/mol. The molecule has 10 nitrogen and oxygen atoms in total. The maximum Gasteiger partial charge on any atom is 0.289 e. The Kier molecular flexibility index (Phi) is 6.32. The lowest BCUT2D eigenvalue weighted by atomic mass is 10.1. The van der Waals surface area contributed by atoms with Gasteiger partial charge in [-0.25, -0.2) is 19.9 Å². The van der Waals surface area contributed by atoms with Crippen LogP contribution in [0.5, 0.6) is 0 Å². The van der Waals surface area contributed by atoms with Crippen molar-refractivity contribution in [1.82, 2.24) is 29.2 Å². The number of hydrogen-bond acceptors (Lipinski definition) is 8. The summed E-state index contributed by atoms with van der Waals surface area (Å²) in [5.41, 5.74) is 5.50. The van der Waals surface area contributed by atoms with Gasteiger partial charge in [0, 0.05) is 38.6 Å². The van der Waals surface area contributed by atoms with Crippen LogP contribution in [0.25, 0.3) is 28.2 Å². The quantitative estimate of drug-likeness (QED) is 0.308. The molecule has 1 saturated heterocycles. The third kappa shape index (κ3) is 4.98. The molecule has 1 N–H and O–H groups in total. The number of benzene rings is 1. The van der Waals surface area contributed by atoms with Crippen LogP contribution >= 0.6 is 0 Å². The van der Waals surface area contributed by atoms with Crippen molar-refractivity contribution in [3.8, 4) is 22.5 Å². The highest BCUT2D eigenvalue weighted by Crippen LogP contribution is 2.25. The van der Waals surface area contributed by atoms with Gasteiger partial charge in [-0.3, -0.25) is 9.20 Å². The molecule has 1 aliphatic rings. The Morgan fingerprint density at radius 3 is 2.46 bits per heavy atom. The largest absolute Gasteiger partial charge is 0.459 e. The van der Waals surface area contributed by atoms with Crippen molar-refractivity contribution in [2.45, 2.75) is 0 Å². The van der Waals surface area contributed by atoms with Crippen LogP contribution in [0.4, 0.5) is 17.5 Å². The zero-order valence-electron chi connectivity index (χ0n) is 22.1. The van der Waals surface area contributed by atoms with Gasteiger partial charge in [-0.15, -0.1) is 0 Å². The molecule has 7 rings (SSSR count). The summed E-state index contributed by atoms with van der Waals surface area (Å²) < 4.78 is 7.30. The third-order valence-corrected chi connectivity index (χ3v) is 7.16. The van der Waals surface area contributed by atoms with Crippen molar-refractivity contribution in [3.05, 3.63) is 110 Å². The zero-order valence-corrected chi connectivity index (χ0v) is 22.1. The van der Waals surface area contributed by atoms with Gasteiger partial charge in [-0.1, -0.05) is 30.3 Å². The third-order valence-electron chi connectivity index (χ3n) is 7.16. The Morgan fingerprint density at radius 2 is 1.68 bits per heavy atom. The number of nitrogens with zero attached hydrogens (tertiary/aromatic N) is 7. The molecule has 202 valence electrons. The molecule has 41 heavy (non-hydrogen) atoms. The van der Waals surface area contributed by atoms with Gasteiger partial charge >= 0.3 is 0 Å². The number of aromatic nitrogens is 5. The number of anilines is 3. The van der Waals surface area contributed by atoms with E-state index in [0.29, 0.717) is 37.9 Å². The summed E-state index contributed by atoms with van der Waals surface area (Å²) in [7, 11) is 0. The van der Waals surface area contributed by atoms with Gasteiger partial charge in [0.05, 0.1) is 35.7 Å². The van der Waals surface area contributed by atoms with Crippen molar-refractivity contribution >= 4 is 29.0 Å². The van der Waals surface area contributed by atoms with Gasteiger partial charge in [-0.2, -0.15) is 0 Å². The first-order chi connectivity index (χ1) is 20.2. The highest BCUT2D eigenvalue weighted by molar-refractivity contribution is 5.91. The molecule has 0 aliphatic carbocycles. The summed E-state index contributed by atoms with van der Waals surface area (Å²) in [6, 6.07) is 23.6. The SMILES string of the molecule is O=C(c1ccco1)N1CCN(c2ccc(Nc3nccc(-c4cnc5ccc(-c6ccccc6)cn45)n3)cn2)CC1. The summed E-state index contributed by atoms with van der Waals surface area (Å²) >= 11 is 0. The van der Waals surface area contributed by atoms with Gasteiger partial charge in [0.1, 0.15) is 11.5 Å². The van der Waals surface area contributed by atoms with Crippen LogP contribution in [-0.2, 0) is 0 Å². The van der Waals surface area contributed by atoms with E-state index in [1.807, 2.05) is 58.0 Å². The number of nitrogens with one attached hydrogen (secondary N) is 1. The monoisotopic (exact) mass is 542 g/mol. The maximum absolute atomic E-state index is 12.5. The molecule has 1 amide bonds. The van der Waals surface area contributed by atoms with E-state index in [4.69, 9.17) is 9.40 Å². The molecule has 0 spiro atoms. The Morgan fingerprint density at radius 1 is 0.805 bits per heavy atom. The lowest BCUT2D eigenvalue weighted by Gasteiger charge is -2.35. The van der Waals surface area contributed by atoms with Crippen molar-refractivity contribution in [3.63, 3.8) is 0 Å². The second-order valence-corrected chi connectivity index (χ2v) is 9.71. The Bertz CT molecular complexity index is 1790. The topological polar surface area (TPSA) is 105 Å². The summed E-state index contributed by atoms with van der Waals surface area (Å²) in [6.07, 6.45) is 8.93. The molecule has 0 atom stereocenters. The fourth-order valence-corrected chi connectivity index (χ4v) is 5.00. The molecule has 5 aromatic heterocycles. The molecular weight excluding hydrogens is 516 g/mol. The van der Waals surface area contributed by atoms with E-state index in [1.165, 1.54) is 6.26 Å². The first-order valence-corrected chi connectivity index (χ1v) is 13.4. The van der Waals surface area contributed by atoms with E-state index >= 15 is 0 Å². The van der Waals surface area contributed by atoms with E-state index in [-0.39, 0.29) is 5.91 Å². The second kappa shape index (κ2) is 10.6. The minimum atomic E-state index is -0.0788. The molecule has 6 aromatic rings. The van der Waals surface area contributed by atoms with E-state index in [2.05, 4.69) is 49.6 Å². The van der Waals surface area contributed by atoms with E-state index in [1.54, 1.807) is 24.5 Å². The average Bonchev–Trinajstić information content (AvgIpc) is 3.72. The van der Waals surface area contributed by atoms with Crippen molar-refractivity contribution in [1.29, 1.82) is 0 Å². The normalized spacial score (nSPS) is 13.5. The number of fused-ring (bicyclic) bond motifs is 1. The Balaban J connectivity index is 1.04. The summed E-state index contributed by atoms with van der Waals surface area (Å²) in [6.45, 7) is 2.61. The highest BCUT2D eigenvalue weighted by atomic mass is 16.3. The van der Waals surface area contributed by atoms with Crippen LogP contribution in [0.2, 0.25) is 0 Å². The van der Waals surface area contributed by atoms with Gasteiger partial charge in [0.25, 0.3) is 5.91 Å². The maximum atomic E-state index is 12.5. The first kappa shape index (κ1) is 24.5. The van der Waals surface area contributed by atoms with Gasteiger partial charge in [0.15, 0.2) is 5.76 Å². The number of rotatable bonds is 6. The van der Waals surface area contributed by atoms with Crippen LogP contribution in [-0.4, -0.2) is 61.3 Å². The van der Waals surface area contributed by atoms with Crippen LogP contribution < -0.4 is 10.2 Å². The number of imidazole rings is 1. The van der Waals surface area contributed by atoms with Crippen LogP contribution in [0, 0.1) is 0 Å². The second-order valence-electron chi connectivity index (χ2n) is 9.71. The van der Waals surface area contributed by atoms with Crippen molar-refractivity contribution in [2.75, 3.05) is 36.4 Å². The first-order valence-electron chi connectivity index (χ1n) is 13.4. The zero-order chi connectivity index (χ0) is 27.6. The molecule has 0 unspecified atom stereocenters. The Hall–Kier alpha value is -5.51. The van der Waals surface area contributed by atoms with Gasteiger partial charge in [0.2, 0.25) is 5.95 Å². The number of carbonyl (C=O) groups excluding carboxylic acids is 1. The van der Waals surface area contributed by atoms with E-state index in [0.717, 1.165) is 39.7 Å². The molecule has 0 saturated carbocycles. The van der Waals surface area contributed by atoms with Crippen LogP contribution in [0.3, 0.4) is 0 Å². The molecule has 0 radical (unpaired) electrons. The number of amides is 1. The van der Waals surface area contributed by atoms with E-state index < -0.39 is 0 Å². The molecular formula is C31H26N8O2. The fourth-order valence-electron chi connectivity index (χ4n) is 5.00. The number of furan rings is 1. The lowest BCUT2D eigenvalue weighted by molar-refractivity contribution is 0.0714. The fraction of sp³-hybridized carbons (Fsp3) is 0.129. The average molecular weight is 543 g/mol. The molecule has 10 heteroatoms. The molecule has 1 aromatic carbocycles. The predicted octanol–water partition coefficient (Wildman–Crippen LogP) is 5.15. The molecule has 1 fully saturated rings. The highest BCUT2D eigenvalue weighted by Gasteiger charge is 2.24. The number of carbonyl (C=O) groups is 1. The molecule has 1 aliphatic heterocycles.